The van der Waals surface area contributed by atoms with Gasteiger partial charge in [0.15, 0.2) is 5.78 Å². The van der Waals surface area contributed by atoms with Crippen LogP contribution in [0.15, 0.2) is 17.0 Å². The molecule has 118 valence electrons. The number of nitrogens with zero attached hydrogens (tertiary/aromatic N) is 1. The smallest absolute Gasteiger partial charge is 0.239 e. The van der Waals surface area contributed by atoms with Crippen LogP contribution in [-0.2, 0) is 10.0 Å². The number of anilines is 1. The number of carbonyl (C=O) groups excluding carboxylic acids is 1. The summed E-state index contributed by atoms with van der Waals surface area (Å²) in [6, 6.07) is 2.87. The van der Waals surface area contributed by atoms with E-state index in [1.165, 1.54) is 6.07 Å². The maximum absolute atomic E-state index is 11.9. The molecule has 0 amide bonds. The van der Waals surface area contributed by atoms with Crippen molar-refractivity contribution in [2.24, 2.45) is 5.14 Å². The predicted molar refractivity (Wildman–Crippen MR) is 85.6 cm³/mol. The molecule has 1 rings (SSSR count). The number of sulfonamides is 1. The first kappa shape index (κ1) is 17.9. The molecular formula is C14H21ClN2O3S. The van der Waals surface area contributed by atoms with Gasteiger partial charge < -0.3 is 4.90 Å². The number of benzene rings is 1. The summed E-state index contributed by atoms with van der Waals surface area (Å²) in [7, 11) is -2.18. The molecular weight excluding hydrogens is 312 g/mol. The minimum Gasteiger partial charge on any atom is -0.373 e. The van der Waals surface area contributed by atoms with Crippen LogP contribution in [0.3, 0.4) is 0 Å². The molecule has 0 saturated heterocycles. The van der Waals surface area contributed by atoms with Crippen molar-refractivity contribution in [3.8, 4) is 0 Å². The predicted octanol–water partition coefficient (Wildman–Crippen LogP) is 2.82. The second-order valence-corrected chi connectivity index (χ2v) is 6.81. The number of Topliss-reactive ketones (excluding diaryl/α,β-unsaturated/α-hetero) is 1. The van der Waals surface area contributed by atoms with E-state index in [2.05, 4.69) is 6.92 Å². The van der Waals surface area contributed by atoms with Gasteiger partial charge in [-0.25, -0.2) is 13.6 Å². The number of halogens is 1. The Balaban J connectivity index is 3.45. The van der Waals surface area contributed by atoms with Crippen LogP contribution in [0.4, 0.5) is 5.69 Å². The molecule has 0 unspecified atom stereocenters. The third kappa shape index (κ3) is 4.43. The Morgan fingerprint density at radius 3 is 2.43 bits per heavy atom. The Bertz CT molecular complexity index is 629. The fourth-order valence-corrected chi connectivity index (χ4v) is 3.17. The van der Waals surface area contributed by atoms with Gasteiger partial charge in [0.1, 0.15) is 4.90 Å². The minimum atomic E-state index is -3.99. The second-order valence-electron chi connectivity index (χ2n) is 4.90. The molecule has 1 aromatic carbocycles. The Morgan fingerprint density at radius 1 is 1.33 bits per heavy atom. The highest BCUT2D eigenvalue weighted by atomic mass is 35.5. The van der Waals surface area contributed by atoms with Gasteiger partial charge in [-0.15, -0.1) is 0 Å². The lowest BCUT2D eigenvalue weighted by molar-refractivity contribution is 0.0988. The lowest BCUT2D eigenvalue weighted by Crippen LogP contribution is -2.21. The van der Waals surface area contributed by atoms with Gasteiger partial charge in [0.25, 0.3) is 0 Å². The highest BCUT2D eigenvalue weighted by Crippen LogP contribution is 2.33. The SMILES string of the molecule is CCCCN(C)c1cc(C(=O)CC)cc(S(N)(=O)=O)c1Cl. The summed E-state index contributed by atoms with van der Waals surface area (Å²) in [6.07, 6.45) is 2.21. The summed E-state index contributed by atoms with van der Waals surface area (Å²) in [6.45, 7) is 4.49. The first-order valence-electron chi connectivity index (χ1n) is 6.83. The van der Waals surface area contributed by atoms with Gasteiger partial charge in [-0.05, 0) is 18.6 Å². The highest BCUT2D eigenvalue weighted by molar-refractivity contribution is 7.89. The number of primary sulfonamides is 1. The summed E-state index contributed by atoms with van der Waals surface area (Å²) in [5.74, 6) is -0.151. The molecule has 0 bridgehead atoms. The number of hydrogen-bond donors (Lipinski definition) is 1. The number of ketones is 1. The topological polar surface area (TPSA) is 80.5 Å². The van der Waals surface area contributed by atoms with Crippen LogP contribution >= 0.6 is 11.6 Å². The lowest BCUT2D eigenvalue weighted by atomic mass is 10.1. The molecule has 1 aromatic rings. The van der Waals surface area contributed by atoms with E-state index in [9.17, 15) is 13.2 Å². The average molecular weight is 333 g/mol. The first-order chi connectivity index (χ1) is 9.72. The molecule has 0 aliphatic rings. The van der Waals surface area contributed by atoms with Crippen molar-refractivity contribution in [3.05, 3.63) is 22.7 Å². The van der Waals surface area contributed by atoms with Crippen LogP contribution < -0.4 is 10.0 Å². The largest absolute Gasteiger partial charge is 0.373 e. The molecule has 5 nitrogen and oxygen atoms in total. The number of unbranched alkanes of at least 4 members (excludes halogenated alkanes) is 1. The average Bonchev–Trinajstić information content (AvgIpc) is 2.42. The Labute approximate surface area is 131 Å². The van der Waals surface area contributed by atoms with Crippen LogP contribution in [-0.4, -0.2) is 27.8 Å². The number of carbonyl (C=O) groups is 1. The van der Waals surface area contributed by atoms with Crippen LogP contribution in [0.25, 0.3) is 0 Å². The minimum absolute atomic E-state index is 0.0590. The maximum atomic E-state index is 11.9. The van der Waals surface area contributed by atoms with E-state index in [1.54, 1.807) is 13.0 Å². The molecule has 0 atom stereocenters. The third-order valence-electron chi connectivity index (χ3n) is 3.23. The van der Waals surface area contributed by atoms with Crippen molar-refractivity contribution < 1.29 is 13.2 Å². The normalized spacial score (nSPS) is 11.5. The van der Waals surface area contributed by atoms with Crippen molar-refractivity contribution in [3.63, 3.8) is 0 Å². The summed E-state index contributed by atoms with van der Waals surface area (Å²) < 4.78 is 23.3. The maximum Gasteiger partial charge on any atom is 0.239 e. The van der Waals surface area contributed by atoms with Gasteiger partial charge in [0.05, 0.1) is 10.7 Å². The zero-order chi connectivity index (χ0) is 16.2. The van der Waals surface area contributed by atoms with Gasteiger partial charge in [-0.1, -0.05) is 31.9 Å². The molecule has 0 aliphatic carbocycles. The Morgan fingerprint density at radius 2 is 1.95 bits per heavy atom. The number of hydrogen-bond acceptors (Lipinski definition) is 4. The van der Waals surface area contributed by atoms with Crippen LogP contribution in [0, 0.1) is 0 Å². The molecule has 0 radical (unpaired) electrons. The standard InChI is InChI=1S/C14H21ClN2O3S/c1-4-6-7-17(3)11-8-10(12(18)5-2)9-13(14(11)15)21(16,19)20/h8-9H,4-7H2,1-3H3,(H2,16,19,20). The zero-order valence-corrected chi connectivity index (χ0v) is 14.1. The van der Waals surface area contributed by atoms with E-state index in [0.717, 1.165) is 12.8 Å². The molecule has 7 heteroatoms. The molecule has 2 N–H and O–H groups in total. The van der Waals surface area contributed by atoms with Crippen molar-refractivity contribution >= 4 is 33.1 Å². The van der Waals surface area contributed by atoms with Gasteiger partial charge in [0.2, 0.25) is 10.0 Å². The lowest BCUT2D eigenvalue weighted by Gasteiger charge is -2.22. The molecule has 0 saturated carbocycles. The third-order valence-corrected chi connectivity index (χ3v) is 4.67. The molecule has 0 aromatic heterocycles. The van der Waals surface area contributed by atoms with E-state index < -0.39 is 10.0 Å². The van der Waals surface area contributed by atoms with E-state index in [1.807, 2.05) is 11.9 Å². The van der Waals surface area contributed by atoms with Gasteiger partial charge in [-0.3, -0.25) is 4.79 Å². The van der Waals surface area contributed by atoms with Crippen LogP contribution in [0.1, 0.15) is 43.5 Å². The summed E-state index contributed by atoms with van der Waals surface area (Å²) in [5.41, 5.74) is 0.817. The van der Waals surface area contributed by atoms with Crippen molar-refractivity contribution in [1.29, 1.82) is 0 Å². The van der Waals surface area contributed by atoms with E-state index in [-0.39, 0.29) is 22.1 Å². The Hall–Kier alpha value is -1.11. The molecule has 0 fully saturated rings. The first-order valence-corrected chi connectivity index (χ1v) is 8.75. The number of nitrogens with two attached hydrogens (primary N) is 1. The van der Waals surface area contributed by atoms with Gasteiger partial charge >= 0.3 is 0 Å². The summed E-state index contributed by atoms with van der Waals surface area (Å²) >= 11 is 6.17. The molecule has 21 heavy (non-hydrogen) atoms. The quantitative estimate of drug-likeness (QED) is 0.778. The van der Waals surface area contributed by atoms with Crippen molar-refractivity contribution in [2.45, 2.75) is 38.0 Å². The van der Waals surface area contributed by atoms with Gasteiger partial charge in [0, 0.05) is 25.6 Å². The highest BCUT2D eigenvalue weighted by Gasteiger charge is 2.21. The van der Waals surface area contributed by atoms with Crippen molar-refractivity contribution in [1.82, 2.24) is 0 Å². The fraction of sp³-hybridized carbons (Fsp3) is 0.500. The number of rotatable bonds is 7. The second kappa shape index (κ2) is 7.24. The van der Waals surface area contributed by atoms with E-state index in [4.69, 9.17) is 16.7 Å². The molecule has 0 aliphatic heterocycles. The van der Waals surface area contributed by atoms with Crippen LogP contribution in [0.5, 0.6) is 0 Å². The van der Waals surface area contributed by atoms with Crippen molar-refractivity contribution in [2.75, 3.05) is 18.5 Å². The fourth-order valence-electron chi connectivity index (χ4n) is 1.95. The summed E-state index contributed by atoms with van der Waals surface area (Å²) in [4.78, 5) is 13.5. The monoisotopic (exact) mass is 332 g/mol. The molecule has 0 heterocycles. The van der Waals surface area contributed by atoms with Gasteiger partial charge in [-0.2, -0.15) is 0 Å². The summed E-state index contributed by atoms with van der Waals surface area (Å²) in [5, 5.41) is 5.25. The Kier molecular flexibility index (Phi) is 6.19. The molecule has 0 spiro atoms. The van der Waals surface area contributed by atoms with E-state index >= 15 is 0 Å². The van der Waals surface area contributed by atoms with Crippen LogP contribution in [0.2, 0.25) is 5.02 Å². The zero-order valence-electron chi connectivity index (χ0n) is 12.5. The van der Waals surface area contributed by atoms with E-state index in [0.29, 0.717) is 17.8 Å².